The largest absolute Gasteiger partial charge is 0.343 e. The van der Waals surface area contributed by atoms with Gasteiger partial charge >= 0.3 is 0 Å². The third kappa shape index (κ3) is 9.20. The molecule has 0 atom stereocenters. The van der Waals surface area contributed by atoms with Crippen molar-refractivity contribution in [2.24, 2.45) is 0 Å². The van der Waals surface area contributed by atoms with E-state index in [0.717, 1.165) is 38.8 Å². The van der Waals surface area contributed by atoms with Crippen molar-refractivity contribution in [3.05, 3.63) is 0 Å². The van der Waals surface area contributed by atoms with Crippen LogP contribution < -0.4 is 0 Å². The van der Waals surface area contributed by atoms with E-state index in [0.29, 0.717) is 12.8 Å². The second-order valence-corrected chi connectivity index (χ2v) is 5.00. The van der Waals surface area contributed by atoms with E-state index < -0.39 is 0 Å². The highest BCUT2D eigenvalue weighted by Gasteiger charge is 2.11. The standard InChI is InChI=1S/C15H29NO2/c1-4-6-7-8-11-15(18)16(12-5-2)13-9-10-14(3)17/h4-13H2,1-3H3. The van der Waals surface area contributed by atoms with Crippen molar-refractivity contribution >= 4 is 11.7 Å². The van der Waals surface area contributed by atoms with Crippen LogP contribution in [0.15, 0.2) is 0 Å². The predicted molar refractivity (Wildman–Crippen MR) is 75.5 cm³/mol. The molecule has 0 aliphatic heterocycles. The van der Waals surface area contributed by atoms with E-state index in [-0.39, 0.29) is 11.7 Å². The van der Waals surface area contributed by atoms with Gasteiger partial charge in [0.2, 0.25) is 5.91 Å². The van der Waals surface area contributed by atoms with Crippen molar-refractivity contribution in [1.29, 1.82) is 0 Å². The molecule has 0 saturated heterocycles. The molecule has 0 fully saturated rings. The normalized spacial score (nSPS) is 10.4. The van der Waals surface area contributed by atoms with Crippen LogP contribution in [0.1, 0.15) is 72.1 Å². The first-order chi connectivity index (χ1) is 8.61. The molecule has 0 rings (SSSR count). The Kier molecular flexibility index (Phi) is 10.7. The van der Waals surface area contributed by atoms with Gasteiger partial charge in [-0.05, 0) is 26.2 Å². The highest BCUT2D eigenvalue weighted by Crippen LogP contribution is 2.07. The first-order valence-electron chi connectivity index (χ1n) is 7.39. The molecule has 18 heavy (non-hydrogen) atoms. The Morgan fingerprint density at radius 2 is 1.56 bits per heavy atom. The molecule has 0 aromatic rings. The van der Waals surface area contributed by atoms with E-state index in [1.54, 1.807) is 6.92 Å². The highest BCUT2D eigenvalue weighted by molar-refractivity contribution is 5.77. The molecule has 3 heteroatoms. The van der Waals surface area contributed by atoms with Gasteiger partial charge in [-0.3, -0.25) is 4.79 Å². The van der Waals surface area contributed by atoms with E-state index in [1.165, 1.54) is 12.8 Å². The third-order valence-electron chi connectivity index (χ3n) is 3.05. The second kappa shape index (κ2) is 11.2. The molecule has 0 saturated carbocycles. The van der Waals surface area contributed by atoms with Crippen molar-refractivity contribution < 1.29 is 9.59 Å². The summed E-state index contributed by atoms with van der Waals surface area (Å²) in [5.41, 5.74) is 0. The maximum atomic E-state index is 12.0. The Morgan fingerprint density at radius 1 is 0.833 bits per heavy atom. The zero-order chi connectivity index (χ0) is 13.8. The van der Waals surface area contributed by atoms with Crippen molar-refractivity contribution in [2.75, 3.05) is 13.1 Å². The van der Waals surface area contributed by atoms with Gasteiger partial charge in [0.1, 0.15) is 5.78 Å². The van der Waals surface area contributed by atoms with Crippen LogP contribution in [0.5, 0.6) is 0 Å². The lowest BCUT2D eigenvalue weighted by Crippen LogP contribution is -2.32. The van der Waals surface area contributed by atoms with Crippen LogP contribution in [0.4, 0.5) is 0 Å². The smallest absolute Gasteiger partial charge is 0.222 e. The number of Topliss-reactive ketones (excluding diaryl/α,β-unsaturated/α-hetero) is 1. The number of hydrogen-bond donors (Lipinski definition) is 0. The lowest BCUT2D eigenvalue weighted by atomic mass is 10.1. The van der Waals surface area contributed by atoms with E-state index in [1.807, 2.05) is 4.90 Å². The van der Waals surface area contributed by atoms with Gasteiger partial charge in [0.25, 0.3) is 0 Å². The first kappa shape index (κ1) is 17.1. The summed E-state index contributed by atoms with van der Waals surface area (Å²) >= 11 is 0. The summed E-state index contributed by atoms with van der Waals surface area (Å²) in [6.07, 6.45) is 7.60. The molecule has 0 spiro atoms. The molecule has 3 nitrogen and oxygen atoms in total. The summed E-state index contributed by atoms with van der Waals surface area (Å²) in [5.74, 6) is 0.471. The van der Waals surface area contributed by atoms with Crippen molar-refractivity contribution in [3.63, 3.8) is 0 Å². The van der Waals surface area contributed by atoms with E-state index in [9.17, 15) is 9.59 Å². The maximum Gasteiger partial charge on any atom is 0.222 e. The molecule has 106 valence electrons. The SMILES string of the molecule is CCCCCCC(=O)N(CCC)CCCC(C)=O. The Labute approximate surface area is 112 Å². The van der Waals surface area contributed by atoms with Crippen LogP contribution in [-0.4, -0.2) is 29.7 Å². The quantitative estimate of drug-likeness (QED) is 0.529. The Hall–Kier alpha value is -0.860. The fraction of sp³-hybridized carbons (Fsp3) is 0.867. The molecule has 0 aliphatic rings. The summed E-state index contributed by atoms with van der Waals surface area (Å²) in [6, 6.07) is 0. The van der Waals surface area contributed by atoms with Crippen LogP contribution in [0.25, 0.3) is 0 Å². The summed E-state index contributed by atoms with van der Waals surface area (Å²) in [6.45, 7) is 7.43. The minimum Gasteiger partial charge on any atom is -0.343 e. The Bertz CT molecular complexity index is 239. The number of amides is 1. The third-order valence-corrected chi connectivity index (χ3v) is 3.05. The number of ketones is 1. The first-order valence-corrected chi connectivity index (χ1v) is 7.39. The Balaban J connectivity index is 3.90. The van der Waals surface area contributed by atoms with Gasteiger partial charge in [-0.15, -0.1) is 0 Å². The Morgan fingerprint density at radius 3 is 2.11 bits per heavy atom. The van der Waals surface area contributed by atoms with Crippen molar-refractivity contribution in [2.45, 2.75) is 72.1 Å². The molecule has 0 unspecified atom stereocenters. The lowest BCUT2D eigenvalue weighted by Gasteiger charge is -2.22. The molecule has 0 N–H and O–H groups in total. The zero-order valence-corrected chi connectivity index (χ0v) is 12.3. The molecule has 0 aromatic carbocycles. The van der Waals surface area contributed by atoms with Crippen LogP contribution in [0.2, 0.25) is 0 Å². The van der Waals surface area contributed by atoms with Gasteiger partial charge in [-0.2, -0.15) is 0 Å². The van der Waals surface area contributed by atoms with Gasteiger partial charge < -0.3 is 9.69 Å². The van der Waals surface area contributed by atoms with Gasteiger partial charge in [-0.25, -0.2) is 0 Å². The van der Waals surface area contributed by atoms with Crippen LogP contribution in [0.3, 0.4) is 0 Å². The van der Waals surface area contributed by atoms with Crippen LogP contribution >= 0.6 is 0 Å². The number of unbranched alkanes of at least 4 members (excludes halogenated alkanes) is 3. The minimum atomic E-state index is 0.210. The van der Waals surface area contributed by atoms with E-state index >= 15 is 0 Å². The van der Waals surface area contributed by atoms with Crippen molar-refractivity contribution in [1.82, 2.24) is 4.90 Å². The number of carbonyl (C=O) groups excluding carboxylic acids is 2. The maximum absolute atomic E-state index is 12.0. The van der Waals surface area contributed by atoms with Crippen LogP contribution in [-0.2, 0) is 9.59 Å². The molecule has 0 aliphatic carbocycles. The summed E-state index contributed by atoms with van der Waals surface area (Å²) in [5, 5.41) is 0. The molecule has 0 aromatic heterocycles. The minimum absolute atomic E-state index is 0.210. The number of nitrogens with zero attached hydrogens (tertiary/aromatic N) is 1. The molecule has 0 radical (unpaired) electrons. The monoisotopic (exact) mass is 255 g/mol. The fourth-order valence-electron chi connectivity index (χ4n) is 2.01. The van der Waals surface area contributed by atoms with Crippen LogP contribution in [0, 0.1) is 0 Å². The number of hydrogen-bond acceptors (Lipinski definition) is 2. The highest BCUT2D eigenvalue weighted by atomic mass is 16.2. The summed E-state index contributed by atoms with van der Waals surface area (Å²) < 4.78 is 0. The topological polar surface area (TPSA) is 37.4 Å². The molecular weight excluding hydrogens is 226 g/mol. The van der Waals surface area contributed by atoms with Gasteiger partial charge in [-0.1, -0.05) is 33.1 Å². The summed E-state index contributed by atoms with van der Waals surface area (Å²) in [4.78, 5) is 24.8. The summed E-state index contributed by atoms with van der Waals surface area (Å²) in [7, 11) is 0. The van der Waals surface area contributed by atoms with Gasteiger partial charge in [0.05, 0.1) is 0 Å². The number of rotatable bonds is 11. The molecule has 0 heterocycles. The molecule has 0 bridgehead atoms. The zero-order valence-electron chi connectivity index (χ0n) is 12.3. The van der Waals surface area contributed by atoms with Crippen molar-refractivity contribution in [3.8, 4) is 0 Å². The van der Waals surface area contributed by atoms with Gasteiger partial charge in [0.15, 0.2) is 0 Å². The average molecular weight is 255 g/mol. The fourth-order valence-corrected chi connectivity index (χ4v) is 2.01. The van der Waals surface area contributed by atoms with Gasteiger partial charge in [0, 0.05) is 25.9 Å². The average Bonchev–Trinajstić information content (AvgIpc) is 2.33. The number of carbonyl (C=O) groups is 2. The van der Waals surface area contributed by atoms with E-state index in [4.69, 9.17) is 0 Å². The van der Waals surface area contributed by atoms with E-state index in [2.05, 4.69) is 13.8 Å². The predicted octanol–water partition coefficient (Wildman–Crippen LogP) is 3.56. The second-order valence-electron chi connectivity index (χ2n) is 5.00. The molecule has 1 amide bonds. The molecular formula is C15H29NO2. The lowest BCUT2D eigenvalue weighted by molar-refractivity contribution is -0.131.